The highest BCUT2D eigenvalue weighted by molar-refractivity contribution is 7.14. The minimum atomic E-state index is -0.499. The summed E-state index contributed by atoms with van der Waals surface area (Å²) >= 11 is 1.22. The Bertz CT molecular complexity index is 1140. The molecule has 8 heteroatoms. The van der Waals surface area contributed by atoms with Gasteiger partial charge in [-0.05, 0) is 23.8 Å². The number of anilines is 2. The van der Waals surface area contributed by atoms with Crippen molar-refractivity contribution in [2.45, 2.75) is 13.5 Å². The average Bonchev–Trinajstić information content (AvgIpc) is 3.28. The van der Waals surface area contributed by atoms with Crippen LogP contribution in [0.1, 0.15) is 18.2 Å². The van der Waals surface area contributed by atoms with Crippen molar-refractivity contribution < 1.29 is 14.0 Å². The Morgan fingerprint density at radius 2 is 1.76 bits per heavy atom. The molecule has 1 aliphatic heterocycles. The van der Waals surface area contributed by atoms with Gasteiger partial charge in [0, 0.05) is 51.1 Å². The number of thiazole rings is 1. The fourth-order valence-corrected chi connectivity index (χ4v) is 4.57. The van der Waals surface area contributed by atoms with Gasteiger partial charge in [0.2, 0.25) is 11.8 Å². The SMILES string of the molecule is CC(=O)N(c1nc(/C=C/C(=O)N2CCN(Cc3ccccc3)CC2)cs1)c1ccccc1F. The van der Waals surface area contributed by atoms with Gasteiger partial charge in [-0.25, -0.2) is 9.37 Å². The molecular formula is C25H25FN4O2S. The number of rotatable bonds is 6. The van der Waals surface area contributed by atoms with Gasteiger partial charge >= 0.3 is 0 Å². The summed E-state index contributed by atoms with van der Waals surface area (Å²) in [5, 5.41) is 2.10. The van der Waals surface area contributed by atoms with Gasteiger partial charge < -0.3 is 4.90 Å². The lowest BCUT2D eigenvalue weighted by Gasteiger charge is -2.34. The van der Waals surface area contributed by atoms with E-state index in [1.54, 1.807) is 23.6 Å². The minimum absolute atomic E-state index is 0.0681. The van der Waals surface area contributed by atoms with Crippen molar-refractivity contribution in [1.29, 1.82) is 0 Å². The third-order valence-corrected chi connectivity index (χ3v) is 6.28. The molecule has 33 heavy (non-hydrogen) atoms. The second-order valence-corrected chi connectivity index (χ2v) is 8.62. The van der Waals surface area contributed by atoms with E-state index in [-0.39, 0.29) is 17.5 Å². The van der Waals surface area contributed by atoms with Gasteiger partial charge in [-0.2, -0.15) is 0 Å². The molecule has 170 valence electrons. The highest BCUT2D eigenvalue weighted by Crippen LogP contribution is 2.31. The number of nitrogens with zero attached hydrogens (tertiary/aromatic N) is 4. The van der Waals surface area contributed by atoms with Crippen LogP contribution in [0.5, 0.6) is 0 Å². The first kappa shape index (κ1) is 22.8. The molecular weight excluding hydrogens is 439 g/mol. The summed E-state index contributed by atoms with van der Waals surface area (Å²) in [4.78, 5) is 34.6. The van der Waals surface area contributed by atoms with E-state index in [0.717, 1.165) is 19.6 Å². The summed E-state index contributed by atoms with van der Waals surface area (Å²) < 4.78 is 14.2. The second kappa shape index (κ2) is 10.5. The van der Waals surface area contributed by atoms with Crippen LogP contribution in [-0.4, -0.2) is 52.8 Å². The third-order valence-electron chi connectivity index (χ3n) is 5.44. The number of halogens is 1. The topological polar surface area (TPSA) is 56.8 Å². The molecule has 0 radical (unpaired) electrons. The summed E-state index contributed by atoms with van der Waals surface area (Å²) in [6, 6.07) is 16.4. The molecule has 0 saturated carbocycles. The van der Waals surface area contributed by atoms with E-state index in [2.05, 4.69) is 22.0 Å². The van der Waals surface area contributed by atoms with E-state index in [9.17, 15) is 14.0 Å². The predicted octanol–water partition coefficient (Wildman–Crippen LogP) is 4.32. The molecule has 2 heterocycles. The van der Waals surface area contributed by atoms with E-state index in [4.69, 9.17) is 0 Å². The van der Waals surface area contributed by atoms with Crippen LogP contribution >= 0.6 is 11.3 Å². The maximum Gasteiger partial charge on any atom is 0.246 e. The Hall–Kier alpha value is -3.36. The first-order valence-electron chi connectivity index (χ1n) is 10.8. The zero-order valence-electron chi connectivity index (χ0n) is 18.4. The number of para-hydroxylation sites is 1. The quantitative estimate of drug-likeness (QED) is 0.510. The molecule has 0 unspecified atom stereocenters. The summed E-state index contributed by atoms with van der Waals surface area (Å²) in [7, 11) is 0. The van der Waals surface area contributed by atoms with Gasteiger partial charge in [-0.15, -0.1) is 11.3 Å². The molecule has 0 spiro atoms. The van der Waals surface area contributed by atoms with Crippen molar-refractivity contribution in [1.82, 2.24) is 14.8 Å². The third kappa shape index (κ3) is 5.71. The monoisotopic (exact) mass is 464 g/mol. The van der Waals surface area contributed by atoms with Crippen LogP contribution < -0.4 is 4.90 Å². The van der Waals surface area contributed by atoms with E-state index in [0.29, 0.717) is 23.9 Å². The Morgan fingerprint density at radius 1 is 1.06 bits per heavy atom. The van der Waals surface area contributed by atoms with Crippen LogP contribution in [-0.2, 0) is 16.1 Å². The van der Waals surface area contributed by atoms with Crippen LogP contribution in [0.2, 0.25) is 0 Å². The lowest BCUT2D eigenvalue weighted by atomic mass is 10.2. The van der Waals surface area contributed by atoms with E-state index >= 15 is 0 Å². The van der Waals surface area contributed by atoms with Gasteiger partial charge in [0.05, 0.1) is 11.4 Å². The summed E-state index contributed by atoms with van der Waals surface area (Å²) in [5.74, 6) is -0.905. The molecule has 1 saturated heterocycles. The minimum Gasteiger partial charge on any atom is -0.337 e. The summed E-state index contributed by atoms with van der Waals surface area (Å²) in [6.07, 6.45) is 3.14. The summed E-state index contributed by atoms with van der Waals surface area (Å²) in [5.41, 5.74) is 1.97. The van der Waals surface area contributed by atoms with Gasteiger partial charge in [-0.3, -0.25) is 19.4 Å². The largest absolute Gasteiger partial charge is 0.337 e. The molecule has 2 aromatic carbocycles. The molecule has 3 aromatic rings. The number of benzene rings is 2. The fourth-order valence-electron chi connectivity index (χ4n) is 3.73. The van der Waals surface area contributed by atoms with Gasteiger partial charge in [0.25, 0.3) is 0 Å². The molecule has 1 fully saturated rings. The number of aromatic nitrogens is 1. The van der Waals surface area contributed by atoms with Crippen LogP contribution in [0.3, 0.4) is 0 Å². The summed E-state index contributed by atoms with van der Waals surface area (Å²) in [6.45, 7) is 5.24. The maximum atomic E-state index is 14.2. The van der Waals surface area contributed by atoms with E-state index in [1.807, 2.05) is 23.1 Å². The molecule has 2 amide bonds. The highest BCUT2D eigenvalue weighted by atomic mass is 32.1. The van der Waals surface area contributed by atoms with Crippen molar-refractivity contribution in [2.24, 2.45) is 0 Å². The van der Waals surface area contributed by atoms with Gasteiger partial charge in [0.15, 0.2) is 5.13 Å². The fraction of sp³-hybridized carbons (Fsp3) is 0.240. The highest BCUT2D eigenvalue weighted by Gasteiger charge is 2.21. The molecule has 6 nitrogen and oxygen atoms in total. The molecule has 4 rings (SSSR count). The Labute approximate surface area is 196 Å². The van der Waals surface area contributed by atoms with Crippen LogP contribution in [0.4, 0.5) is 15.2 Å². The number of hydrogen-bond donors (Lipinski definition) is 0. The Balaban J connectivity index is 1.35. The maximum absolute atomic E-state index is 14.2. The van der Waals surface area contributed by atoms with Gasteiger partial charge in [0.1, 0.15) is 5.82 Å². The standard InChI is InChI=1S/C25H25FN4O2S/c1-19(31)30(23-10-6-5-9-22(23)26)25-27-21(18-33-25)11-12-24(32)29-15-13-28(14-16-29)17-20-7-3-2-4-8-20/h2-12,18H,13-17H2,1H3/b12-11+. The Kier molecular flexibility index (Phi) is 7.26. The number of carbonyl (C=O) groups is 2. The molecule has 0 aliphatic carbocycles. The number of amides is 2. The van der Waals surface area contributed by atoms with Crippen LogP contribution in [0.25, 0.3) is 6.08 Å². The van der Waals surface area contributed by atoms with Gasteiger partial charge in [-0.1, -0.05) is 42.5 Å². The number of hydrogen-bond acceptors (Lipinski definition) is 5. The molecule has 0 N–H and O–H groups in total. The van der Waals surface area contributed by atoms with Crippen molar-refractivity contribution in [3.63, 3.8) is 0 Å². The number of carbonyl (C=O) groups excluding carboxylic acids is 2. The lowest BCUT2D eigenvalue weighted by Crippen LogP contribution is -2.47. The van der Waals surface area contributed by atoms with Crippen molar-refractivity contribution >= 4 is 40.0 Å². The van der Waals surface area contributed by atoms with Crippen LogP contribution in [0.15, 0.2) is 66.1 Å². The Morgan fingerprint density at radius 3 is 2.45 bits per heavy atom. The van der Waals surface area contributed by atoms with Crippen LogP contribution in [0, 0.1) is 5.82 Å². The predicted molar refractivity (Wildman–Crippen MR) is 129 cm³/mol. The first-order valence-corrected chi connectivity index (χ1v) is 11.6. The van der Waals surface area contributed by atoms with Crippen molar-refractivity contribution in [2.75, 3.05) is 31.1 Å². The molecule has 0 atom stereocenters. The zero-order valence-corrected chi connectivity index (χ0v) is 19.2. The lowest BCUT2D eigenvalue weighted by molar-refractivity contribution is -0.127. The molecule has 1 aromatic heterocycles. The van der Waals surface area contributed by atoms with Crippen molar-refractivity contribution in [3.8, 4) is 0 Å². The second-order valence-electron chi connectivity index (χ2n) is 7.78. The normalized spacial score (nSPS) is 14.5. The van der Waals surface area contributed by atoms with E-state index < -0.39 is 5.82 Å². The first-order chi connectivity index (χ1) is 16.0. The van der Waals surface area contributed by atoms with Crippen molar-refractivity contribution in [3.05, 3.63) is 83.1 Å². The van der Waals surface area contributed by atoms with E-state index in [1.165, 1.54) is 46.9 Å². The molecule has 1 aliphatic rings. The smallest absolute Gasteiger partial charge is 0.246 e. The average molecular weight is 465 g/mol. The number of piperazine rings is 1. The molecule has 0 bridgehead atoms. The zero-order chi connectivity index (χ0) is 23.2.